The second-order valence-electron chi connectivity index (χ2n) is 3.99. The highest BCUT2D eigenvalue weighted by molar-refractivity contribution is 7.99. The summed E-state index contributed by atoms with van der Waals surface area (Å²) in [5, 5.41) is 12.4. The zero-order chi connectivity index (χ0) is 13.7. The Labute approximate surface area is 116 Å². The molecule has 2 atom stereocenters. The second kappa shape index (κ2) is 6.97. The highest BCUT2D eigenvalue weighted by atomic mass is 35.5. The van der Waals surface area contributed by atoms with Gasteiger partial charge in [-0.3, -0.25) is 4.79 Å². The minimum Gasteiger partial charge on any atom is -0.395 e. The molecule has 1 aromatic heterocycles. The Bertz CT molecular complexity index is 425. The van der Waals surface area contributed by atoms with Gasteiger partial charge < -0.3 is 10.4 Å². The highest BCUT2D eigenvalue weighted by Gasteiger charge is 2.19. The molecule has 0 spiro atoms. The van der Waals surface area contributed by atoms with Crippen LogP contribution in [-0.2, 0) is 0 Å². The third-order valence-electron chi connectivity index (χ3n) is 2.70. The standard InChI is InChI=1S/C12H17ClN2O2S/c1-7-9(4-5-11(13)14-7)12(17)15-8(2)10(6-16)18-3/h4-5,8,10,16H,6H2,1-3H3,(H,15,17). The van der Waals surface area contributed by atoms with Gasteiger partial charge in [0.2, 0.25) is 0 Å². The van der Waals surface area contributed by atoms with Gasteiger partial charge in [0.15, 0.2) is 0 Å². The molecule has 0 bridgehead atoms. The van der Waals surface area contributed by atoms with E-state index in [0.29, 0.717) is 16.4 Å². The first kappa shape index (κ1) is 15.3. The van der Waals surface area contributed by atoms with Gasteiger partial charge in [-0.1, -0.05) is 11.6 Å². The molecular weight excluding hydrogens is 272 g/mol. The van der Waals surface area contributed by atoms with Crippen LogP contribution in [0.1, 0.15) is 23.0 Å². The van der Waals surface area contributed by atoms with Crippen molar-refractivity contribution in [2.24, 2.45) is 0 Å². The summed E-state index contributed by atoms with van der Waals surface area (Å²) in [7, 11) is 0. The quantitative estimate of drug-likeness (QED) is 0.812. The number of carbonyl (C=O) groups excluding carboxylic acids is 1. The summed E-state index contributed by atoms with van der Waals surface area (Å²) < 4.78 is 0. The fraction of sp³-hybridized carbons (Fsp3) is 0.500. The molecule has 0 aliphatic carbocycles. The van der Waals surface area contributed by atoms with Gasteiger partial charge in [0, 0.05) is 11.3 Å². The van der Waals surface area contributed by atoms with Crippen LogP contribution in [0.15, 0.2) is 12.1 Å². The maximum absolute atomic E-state index is 12.0. The molecule has 0 saturated carbocycles. The zero-order valence-corrected chi connectivity index (χ0v) is 12.2. The van der Waals surface area contributed by atoms with Crippen molar-refractivity contribution in [2.45, 2.75) is 25.1 Å². The number of thioether (sulfide) groups is 1. The molecule has 6 heteroatoms. The van der Waals surface area contributed by atoms with Crippen molar-refractivity contribution >= 4 is 29.3 Å². The van der Waals surface area contributed by atoms with Crippen molar-refractivity contribution < 1.29 is 9.90 Å². The van der Waals surface area contributed by atoms with Crippen LogP contribution >= 0.6 is 23.4 Å². The van der Waals surface area contributed by atoms with Crippen LogP contribution in [0.2, 0.25) is 5.15 Å². The summed E-state index contributed by atoms with van der Waals surface area (Å²) >= 11 is 7.26. The smallest absolute Gasteiger partial charge is 0.253 e. The summed E-state index contributed by atoms with van der Waals surface area (Å²) in [6, 6.07) is 3.12. The largest absolute Gasteiger partial charge is 0.395 e. The Kier molecular flexibility index (Phi) is 5.91. The molecule has 100 valence electrons. The molecule has 1 heterocycles. The number of aryl methyl sites for hydroxylation is 1. The maximum atomic E-state index is 12.0. The third-order valence-corrected chi connectivity index (χ3v) is 4.07. The predicted molar refractivity (Wildman–Crippen MR) is 75.3 cm³/mol. The molecule has 0 aliphatic rings. The summed E-state index contributed by atoms with van der Waals surface area (Å²) in [6.45, 7) is 3.64. The number of hydrogen-bond donors (Lipinski definition) is 2. The lowest BCUT2D eigenvalue weighted by Gasteiger charge is -2.21. The Hall–Kier alpha value is -0.780. The molecule has 1 amide bonds. The minimum atomic E-state index is -0.198. The topological polar surface area (TPSA) is 62.2 Å². The lowest BCUT2D eigenvalue weighted by atomic mass is 10.1. The van der Waals surface area contributed by atoms with E-state index in [1.165, 1.54) is 11.8 Å². The number of rotatable bonds is 5. The van der Waals surface area contributed by atoms with E-state index in [0.717, 1.165) is 0 Å². The number of amides is 1. The van der Waals surface area contributed by atoms with Gasteiger partial charge >= 0.3 is 0 Å². The average molecular weight is 289 g/mol. The number of aliphatic hydroxyl groups excluding tert-OH is 1. The molecule has 1 rings (SSSR count). The van der Waals surface area contributed by atoms with Gasteiger partial charge in [-0.25, -0.2) is 4.98 Å². The van der Waals surface area contributed by atoms with Crippen molar-refractivity contribution in [3.8, 4) is 0 Å². The predicted octanol–water partition coefficient (Wildman–Crippen LogP) is 1.89. The van der Waals surface area contributed by atoms with Crippen LogP contribution in [0.5, 0.6) is 0 Å². The Morgan fingerprint density at radius 3 is 2.78 bits per heavy atom. The third kappa shape index (κ3) is 3.86. The van der Waals surface area contributed by atoms with Crippen LogP contribution in [0.4, 0.5) is 0 Å². The number of nitrogens with one attached hydrogen (secondary N) is 1. The summed E-state index contributed by atoms with van der Waals surface area (Å²) in [5.41, 5.74) is 1.10. The van der Waals surface area contributed by atoms with Crippen molar-refractivity contribution in [3.63, 3.8) is 0 Å². The van der Waals surface area contributed by atoms with Gasteiger partial charge in [0.1, 0.15) is 5.15 Å². The molecule has 0 saturated heterocycles. The molecule has 4 nitrogen and oxygen atoms in total. The van der Waals surface area contributed by atoms with E-state index in [1.807, 2.05) is 13.2 Å². The lowest BCUT2D eigenvalue weighted by Crippen LogP contribution is -2.41. The summed E-state index contributed by atoms with van der Waals surface area (Å²) in [4.78, 5) is 16.1. The Morgan fingerprint density at radius 1 is 1.61 bits per heavy atom. The first-order valence-corrected chi connectivity index (χ1v) is 7.23. The van der Waals surface area contributed by atoms with E-state index >= 15 is 0 Å². The SMILES string of the molecule is CSC(CO)C(C)NC(=O)c1ccc(Cl)nc1C. The van der Waals surface area contributed by atoms with Crippen molar-refractivity contribution in [1.82, 2.24) is 10.3 Å². The molecule has 18 heavy (non-hydrogen) atoms. The summed E-state index contributed by atoms with van der Waals surface area (Å²) in [6.07, 6.45) is 1.90. The summed E-state index contributed by atoms with van der Waals surface area (Å²) in [5.74, 6) is -0.198. The van der Waals surface area contributed by atoms with Gasteiger partial charge in [-0.2, -0.15) is 11.8 Å². The molecule has 0 aliphatic heterocycles. The van der Waals surface area contributed by atoms with Crippen LogP contribution in [0.3, 0.4) is 0 Å². The number of pyridine rings is 1. The van der Waals surface area contributed by atoms with Gasteiger partial charge in [0.25, 0.3) is 5.91 Å². The number of halogens is 1. The van der Waals surface area contributed by atoms with Gasteiger partial charge in [-0.05, 0) is 32.2 Å². The molecular formula is C12H17ClN2O2S. The monoisotopic (exact) mass is 288 g/mol. The van der Waals surface area contributed by atoms with E-state index in [4.69, 9.17) is 16.7 Å². The molecule has 0 radical (unpaired) electrons. The van der Waals surface area contributed by atoms with Crippen molar-refractivity contribution in [3.05, 3.63) is 28.5 Å². The first-order chi connectivity index (χ1) is 8.49. The van der Waals surface area contributed by atoms with E-state index < -0.39 is 0 Å². The van der Waals surface area contributed by atoms with Crippen molar-refractivity contribution in [1.29, 1.82) is 0 Å². The first-order valence-electron chi connectivity index (χ1n) is 5.57. The van der Waals surface area contributed by atoms with Crippen LogP contribution in [0.25, 0.3) is 0 Å². The molecule has 0 aromatic carbocycles. The van der Waals surface area contributed by atoms with Crippen LogP contribution in [-0.4, -0.2) is 40.2 Å². The number of aliphatic hydroxyl groups is 1. The maximum Gasteiger partial charge on any atom is 0.253 e. The molecule has 1 aromatic rings. The average Bonchev–Trinajstić information content (AvgIpc) is 2.30. The normalized spacial score (nSPS) is 14.1. The van der Waals surface area contributed by atoms with E-state index in [-0.39, 0.29) is 23.8 Å². The fourth-order valence-electron chi connectivity index (χ4n) is 1.58. The second-order valence-corrected chi connectivity index (χ2v) is 5.45. The van der Waals surface area contributed by atoms with E-state index in [1.54, 1.807) is 19.1 Å². The number of hydrogen-bond acceptors (Lipinski definition) is 4. The molecule has 0 fully saturated rings. The Balaban J connectivity index is 2.76. The van der Waals surface area contributed by atoms with Crippen LogP contribution in [0, 0.1) is 6.92 Å². The fourth-order valence-corrected chi connectivity index (χ4v) is 2.40. The molecule has 2 N–H and O–H groups in total. The molecule has 2 unspecified atom stereocenters. The number of nitrogens with zero attached hydrogens (tertiary/aromatic N) is 1. The minimum absolute atomic E-state index is 0.0190. The van der Waals surface area contributed by atoms with E-state index in [9.17, 15) is 4.79 Å². The number of carbonyl (C=O) groups is 1. The van der Waals surface area contributed by atoms with Crippen LogP contribution < -0.4 is 5.32 Å². The highest BCUT2D eigenvalue weighted by Crippen LogP contribution is 2.13. The number of aromatic nitrogens is 1. The zero-order valence-electron chi connectivity index (χ0n) is 10.6. The van der Waals surface area contributed by atoms with E-state index in [2.05, 4.69) is 10.3 Å². The lowest BCUT2D eigenvalue weighted by molar-refractivity contribution is 0.0935. The van der Waals surface area contributed by atoms with Gasteiger partial charge in [0.05, 0.1) is 17.9 Å². The van der Waals surface area contributed by atoms with Gasteiger partial charge in [-0.15, -0.1) is 0 Å². The van der Waals surface area contributed by atoms with Crippen molar-refractivity contribution in [2.75, 3.05) is 12.9 Å². The Morgan fingerprint density at radius 2 is 2.28 bits per heavy atom.